The van der Waals surface area contributed by atoms with E-state index in [1.54, 1.807) is 6.08 Å². The lowest BCUT2D eigenvalue weighted by Gasteiger charge is -2.46. The van der Waals surface area contributed by atoms with Crippen molar-refractivity contribution < 1.29 is 64.6 Å². The monoisotopic (exact) mass is 1320 g/mol. The Bertz CT molecular complexity index is 2140. The van der Waals surface area contributed by atoms with Crippen LogP contribution in [0.4, 0.5) is 0 Å². The Morgan fingerprint density at radius 2 is 0.734 bits per heavy atom. The molecule has 0 aromatic heterocycles. The number of hydrogen-bond donors (Lipinski definition) is 9. The second-order valence-corrected chi connectivity index (χ2v) is 25.3. The van der Waals surface area contributed by atoms with Crippen LogP contribution < -0.4 is 5.32 Å². The first-order valence-electron chi connectivity index (χ1n) is 37.1. The standard InChI is InChI=1S/C80H133NO13/c1-3-5-7-9-11-13-15-17-19-21-23-25-26-27-28-29-30-31-32-33-34-35-36-37-38-39-40-41-42-44-46-48-50-52-54-56-58-60-62-64-72(85)81-68(69(84)63-61-59-57-55-53-51-49-47-45-43-24-22-20-18-16-14-12-10-8-6-4-2)67-91-79-77(90)75(88)78(71(66-83)93-79)94-80-76(89)74(87)73(86)70(65-82)92-80/h5,7,11,13,17,19,23,25,27-28,30-31,33-34,36-37,39-40,42,44,48,50,61,63,68-71,73-80,82-84,86-90H,3-4,6,8-10,12,14-16,18,20-22,24,26,29,32,35,38,41,43,45-47,49,51-60,62,64-67H2,1-2H3,(H,81,85)/b7-5-,13-11-,19-17-,25-23-,28-27-,31-30-,34-33-,37-36-,40-39-,44-42-,50-48-,63-61+. The normalized spacial score (nSPS) is 23.3. The van der Waals surface area contributed by atoms with Crippen LogP contribution >= 0.6 is 0 Å². The first-order chi connectivity index (χ1) is 46.1. The molecular formula is C80H133NO13. The minimum atomic E-state index is -1.80. The van der Waals surface area contributed by atoms with Gasteiger partial charge in [0.15, 0.2) is 12.6 Å². The summed E-state index contributed by atoms with van der Waals surface area (Å²) < 4.78 is 22.9. The van der Waals surface area contributed by atoms with Crippen molar-refractivity contribution in [2.24, 2.45) is 0 Å². The van der Waals surface area contributed by atoms with E-state index in [0.717, 1.165) is 122 Å². The van der Waals surface area contributed by atoms with Gasteiger partial charge >= 0.3 is 0 Å². The maximum Gasteiger partial charge on any atom is 0.220 e. The Morgan fingerprint density at radius 3 is 1.13 bits per heavy atom. The number of unbranched alkanes of at least 4 members (excludes halogenated alkanes) is 24. The van der Waals surface area contributed by atoms with Crippen molar-refractivity contribution in [2.75, 3.05) is 19.8 Å². The van der Waals surface area contributed by atoms with Gasteiger partial charge in [-0.3, -0.25) is 4.79 Å². The zero-order chi connectivity index (χ0) is 68.0. The Kier molecular flexibility index (Phi) is 57.1. The highest BCUT2D eigenvalue weighted by molar-refractivity contribution is 5.76. The number of nitrogens with one attached hydrogen (secondary N) is 1. The summed E-state index contributed by atoms with van der Waals surface area (Å²) in [6.07, 6.45) is 77.5. The molecule has 0 saturated carbocycles. The van der Waals surface area contributed by atoms with E-state index in [0.29, 0.717) is 6.42 Å². The van der Waals surface area contributed by atoms with Gasteiger partial charge in [-0.15, -0.1) is 0 Å². The van der Waals surface area contributed by atoms with E-state index in [2.05, 4.69) is 153 Å². The fraction of sp³-hybridized carbons (Fsp3) is 0.688. The fourth-order valence-electron chi connectivity index (χ4n) is 11.2. The topological polar surface area (TPSA) is 228 Å². The van der Waals surface area contributed by atoms with Crippen LogP contribution in [0.2, 0.25) is 0 Å². The molecule has 9 N–H and O–H groups in total. The van der Waals surface area contributed by atoms with Crippen LogP contribution in [-0.4, -0.2) is 140 Å². The van der Waals surface area contributed by atoms with E-state index in [1.165, 1.54) is 109 Å². The van der Waals surface area contributed by atoms with E-state index in [-0.39, 0.29) is 18.9 Å². The van der Waals surface area contributed by atoms with Crippen molar-refractivity contribution in [3.63, 3.8) is 0 Å². The highest BCUT2D eigenvalue weighted by Crippen LogP contribution is 2.30. The SMILES string of the molecule is CC/C=C\C/C=C\C/C=C\C/C=C\C/C=C\C/C=C\C/C=C\C/C=C\C/C=C\C/C=C\C/C=C\CCCCCCCC(=O)NC(COC1OC(CO)C(OC2OC(CO)C(O)C(O)C2O)C(O)C1O)C(O)/C=C/CCCCCCCCCCCCCCCCCCCCC. The fourth-order valence-corrected chi connectivity index (χ4v) is 11.2. The van der Waals surface area contributed by atoms with Crippen molar-refractivity contribution in [1.82, 2.24) is 5.32 Å². The predicted octanol–water partition coefficient (Wildman–Crippen LogP) is 16.0. The second kappa shape index (κ2) is 62.4. The van der Waals surface area contributed by atoms with Gasteiger partial charge in [-0.25, -0.2) is 0 Å². The summed E-state index contributed by atoms with van der Waals surface area (Å²) in [5.74, 6) is -0.262. The highest BCUT2D eigenvalue weighted by Gasteiger charge is 2.51. The Labute approximate surface area is 570 Å². The molecule has 12 unspecified atom stereocenters. The number of carbonyl (C=O) groups excluding carboxylic acids is 1. The molecule has 1 amide bonds. The summed E-state index contributed by atoms with van der Waals surface area (Å²) >= 11 is 0. The van der Waals surface area contributed by atoms with Gasteiger partial charge in [0.25, 0.3) is 0 Å². The maximum atomic E-state index is 13.3. The van der Waals surface area contributed by atoms with Crippen LogP contribution in [-0.2, 0) is 23.7 Å². The number of aliphatic hydroxyl groups excluding tert-OH is 8. The number of allylic oxidation sites excluding steroid dienone is 23. The van der Waals surface area contributed by atoms with Crippen molar-refractivity contribution in [1.29, 1.82) is 0 Å². The molecule has 0 aromatic rings. The van der Waals surface area contributed by atoms with E-state index < -0.39 is 86.8 Å². The quantitative estimate of drug-likeness (QED) is 0.0204. The maximum absolute atomic E-state index is 13.3. The Morgan fingerprint density at radius 1 is 0.394 bits per heavy atom. The molecule has 12 atom stereocenters. The van der Waals surface area contributed by atoms with Crippen LogP contribution in [0.3, 0.4) is 0 Å². The summed E-state index contributed by atoms with van der Waals surface area (Å²) in [7, 11) is 0. The molecule has 0 bridgehead atoms. The number of rotatable bonds is 59. The number of ether oxygens (including phenoxy) is 4. The molecule has 0 aromatic carbocycles. The summed E-state index contributed by atoms with van der Waals surface area (Å²) in [5, 5.41) is 87.5. The number of hydrogen-bond acceptors (Lipinski definition) is 13. The van der Waals surface area contributed by atoms with Gasteiger partial charge in [0.05, 0.1) is 32.0 Å². The molecule has 2 rings (SSSR count). The largest absolute Gasteiger partial charge is 0.394 e. The molecule has 0 spiro atoms. The molecule has 536 valence electrons. The van der Waals surface area contributed by atoms with Crippen LogP contribution in [0.15, 0.2) is 146 Å². The lowest BCUT2D eigenvalue weighted by molar-refractivity contribution is -0.359. The van der Waals surface area contributed by atoms with Crippen molar-refractivity contribution >= 4 is 5.91 Å². The third-order valence-corrected chi connectivity index (χ3v) is 17.0. The second-order valence-electron chi connectivity index (χ2n) is 25.3. The molecule has 2 aliphatic rings. The summed E-state index contributed by atoms with van der Waals surface area (Å²) in [4.78, 5) is 13.3. The Balaban J connectivity index is 1.67. The van der Waals surface area contributed by atoms with Gasteiger partial charge in [-0.05, 0) is 103 Å². The van der Waals surface area contributed by atoms with E-state index in [4.69, 9.17) is 18.9 Å². The lowest BCUT2D eigenvalue weighted by Crippen LogP contribution is -2.65. The van der Waals surface area contributed by atoms with Gasteiger partial charge in [0.2, 0.25) is 5.91 Å². The smallest absolute Gasteiger partial charge is 0.220 e. The third kappa shape index (κ3) is 45.4. The molecule has 2 fully saturated rings. The Hall–Kier alpha value is -4.13. The van der Waals surface area contributed by atoms with E-state index in [1.807, 2.05) is 6.08 Å². The van der Waals surface area contributed by atoms with E-state index >= 15 is 0 Å². The number of amides is 1. The van der Waals surface area contributed by atoms with Gasteiger partial charge in [0.1, 0.15) is 48.8 Å². The van der Waals surface area contributed by atoms with Gasteiger partial charge < -0.3 is 65.1 Å². The molecule has 2 aliphatic heterocycles. The van der Waals surface area contributed by atoms with E-state index in [9.17, 15) is 45.6 Å². The van der Waals surface area contributed by atoms with Gasteiger partial charge in [-0.2, -0.15) is 0 Å². The summed E-state index contributed by atoms with van der Waals surface area (Å²) in [6, 6.07) is -0.937. The van der Waals surface area contributed by atoms with Crippen molar-refractivity contribution in [3.8, 4) is 0 Å². The lowest BCUT2D eigenvalue weighted by atomic mass is 9.97. The zero-order valence-corrected chi connectivity index (χ0v) is 58.4. The summed E-state index contributed by atoms with van der Waals surface area (Å²) in [5.41, 5.74) is 0. The zero-order valence-electron chi connectivity index (χ0n) is 58.4. The molecular weight excluding hydrogens is 1180 g/mol. The first-order valence-corrected chi connectivity index (χ1v) is 37.1. The number of carbonyl (C=O) groups is 1. The van der Waals surface area contributed by atoms with Crippen molar-refractivity contribution in [2.45, 2.75) is 331 Å². The summed E-state index contributed by atoms with van der Waals surface area (Å²) in [6.45, 7) is 2.68. The number of aliphatic hydroxyl groups is 8. The minimum absolute atomic E-state index is 0.250. The average Bonchev–Trinajstić information content (AvgIpc) is 0.794. The molecule has 2 heterocycles. The predicted molar refractivity (Wildman–Crippen MR) is 387 cm³/mol. The van der Waals surface area contributed by atoms with Gasteiger partial charge in [0, 0.05) is 6.42 Å². The minimum Gasteiger partial charge on any atom is -0.394 e. The van der Waals surface area contributed by atoms with Crippen LogP contribution in [0.25, 0.3) is 0 Å². The molecule has 14 nitrogen and oxygen atoms in total. The molecule has 2 saturated heterocycles. The van der Waals surface area contributed by atoms with Crippen molar-refractivity contribution in [3.05, 3.63) is 146 Å². The molecule has 0 aliphatic carbocycles. The molecule has 94 heavy (non-hydrogen) atoms. The van der Waals surface area contributed by atoms with Gasteiger partial charge in [-0.1, -0.05) is 295 Å². The van der Waals surface area contributed by atoms with Crippen LogP contribution in [0.5, 0.6) is 0 Å². The van der Waals surface area contributed by atoms with Crippen LogP contribution in [0.1, 0.15) is 258 Å². The average molecular weight is 1320 g/mol. The third-order valence-electron chi connectivity index (χ3n) is 17.0. The molecule has 0 radical (unpaired) electrons. The molecule has 14 heteroatoms. The first kappa shape index (κ1) is 86.0. The van der Waals surface area contributed by atoms with Crippen LogP contribution in [0, 0.1) is 0 Å². The highest BCUT2D eigenvalue weighted by atomic mass is 16.7.